The molecule has 0 bridgehead atoms. The van der Waals surface area contributed by atoms with Gasteiger partial charge >= 0.3 is 0 Å². The summed E-state index contributed by atoms with van der Waals surface area (Å²) in [5.74, 6) is 3.27. The third kappa shape index (κ3) is 10.4. The molecule has 0 aliphatic carbocycles. The van der Waals surface area contributed by atoms with Crippen LogP contribution in [0.3, 0.4) is 0 Å². The molecule has 0 fully saturated rings. The Morgan fingerprint density at radius 3 is 1.41 bits per heavy atom. The second-order valence-electron chi connectivity index (χ2n) is 3.99. The molecule has 1 aliphatic rings. The molecule has 1 aromatic rings. The molecule has 0 atom stereocenters. The van der Waals surface area contributed by atoms with Gasteiger partial charge in [0.15, 0.2) is 0 Å². The Morgan fingerprint density at radius 1 is 0.824 bits per heavy atom. The molecule has 0 saturated heterocycles. The number of benzene rings is 1. The van der Waals surface area contributed by atoms with E-state index in [-0.39, 0.29) is 0 Å². The van der Waals surface area contributed by atoms with Crippen molar-refractivity contribution >= 4 is 11.8 Å². The molecule has 0 nitrogen and oxygen atoms in total. The Morgan fingerprint density at radius 2 is 1.12 bits per heavy atom. The monoisotopic (exact) mass is 254 g/mol. The van der Waals surface area contributed by atoms with Gasteiger partial charge in [0, 0.05) is 11.5 Å². The summed E-state index contributed by atoms with van der Waals surface area (Å²) in [5.41, 5.74) is 3.06. The van der Waals surface area contributed by atoms with Gasteiger partial charge in [0.05, 0.1) is 0 Å². The molecule has 0 radical (unpaired) electrons. The van der Waals surface area contributed by atoms with Gasteiger partial charge in [-0.2, -0.15) is 11.8 Å². The van der Waals surface area contributed by atoms with Gasteiger partial charge in [-0.1, -0.05) is 72.7 Å². The smallest absolute Gasteiger partial charge is 0.0190 e. The molecule has 2 rings (SSSR count). The third-order valence-corrected chi connectivity index (χ3v) is 2.66. The van der Waals surface area contributed by atoms with Crippen LogP contribution in [-0.2, 0) is 11.5 Å². The predicted molar refractivity (Wildman–Crippen MR) is 84.6 cm³/mol. The fourth-order valence-corrected chi connectivity index (χ4v) is 2.22. The van der Waals surface area contributed by atoms with Crippen molar-refractivity contribution < 1.29 is 0 Å². The summed E-state index contributed by atoms with van der Waals surface area (Å²) < 4.78 is 0. The molecule has 1 aromatic carbocycles. The molecular weight excluding hydrogens is 224 g/mol. The van der Waals surface area contributed by atoms with Crippen LogP contribution in [0.15, 0.2) is 24.3 Å². The van der Waals surface area contributed by atoms with Gasteiger partial charge in [0.1, 0.15) is 0 Å². The second-order valence-corrected chi connectivity index (χ2v) is 4.98. The van der Waals surface area contributed by atoms with Crippen molar-refractivity contribution in [3.63, 3.8) is 0 Å². The lowest BCUT2D eigenvalue weighted by Crippen LogP contribution is -1.77. The van der Waals surface area contributed by atoms with Gasteiger partial charge in [-0.3, -0.25) is 0 Å². The van der Waals surface area contributed by atoms with E-state index in [9.17, 15) is 0 Å². The molecule has 0 saturated carbocycles. The van der Waals surface area contributed by atoms with Crippen LogP contribution in [0.1, 0.15) is 59.6 Å². The van der Waals surface area contributed by atoms with Gasteiger partial charge in [-0.15, -0.1) is 0 Å². The van der Waals surface area contributed by atoms with E-state index in [1.165, 1.54) is 22.6 Å². The SMILES string of the molecule is CC.CC.CC(C)C.c1ccc2c(c1)CSC2. The molecule has 1 aliphatic heterocycles. The second kappa shape index (κ2) is 13.6. The summed E-state index contributed by atoms with van der Waals surface area (Å²) in [7, 11) is 0. The van der Waals surface area contributed by atoms with Gasteiger partial charge in [-0.05, 0) is 17.0 Å². The van der Waals surface area contributed by atoms with Crippen molar-refractivity contribution in [3.05, 3.63) is 35.4 Å². The fourth-order valence-electron chi connectivity index (χ4n) is 1.11. The maximum absolute atomic E-state index is 2.22. The lowest BCUT2D eigenvalue weighted by atomic mass is 10.1. The highest BCUT2D eigenvalue weighted by Gasteiger charge is 2.07. The van der Waals surface area contributed by atoms with Gasteiger partial charge in [-0.25, -0.2) is 0 Å². The van der Waals surface area contributed by atoms with Crippen molar-refractivity contribution in [2.45, 2.75) is 60.0 Å². The number of hydrogen-bond donors (Lipinski definition) is 0. The Kier molecular flexibility index (Phi) is 15.2. The molecule has 0 spiro atoms. The average Bonchev–Trinajstić information content (AvgIpc) is 2.81. The number of thioether (sulfide) groups is 1. The Hall–Kier alpha value is -0.430. The molecule has 0 amide bonds. The molecule has 0 aromatic heterocycles. The Bertz CT molecular complexity index is 228. The van der Waals surface area contributed by atoms with Crippen molar-refractivity contribution in [2.24, 2.45) is 5.92 Å². The average molecular weight is 254 g/mol. The first-order valence-electron chi connectivity index (χ1n) is 6.84. The van der Waals surface area contributed by atoms with Crippen LogP contribution >= 0.6 is 11.8 Å². The number of fused-ring (bicyclic) bond motifs is 1. The normalized spacial score (nSPS) is 11.1. The summed E-state index contributed by atoms with van der Waals surface area (Å²) in [6.45, 7) is 14.5. The highest BCUT2D eigenvalue weighted by Crippen LogP contribution is 2.28. The Balaban J connectivity index is 0. The minimum atomic E-state index is 0.833. The largest absolute Gasteiger partial charge is 0.152 e. The topological polar surface area (TPSA) is 0 Å². The van der Waals surface area contributed by atoms with E-state index in [1.807, 2.05) is 39.5 Å². The van der Waals surface area contributed by atoms with E-state index in [0.717, 1.165) is 5.92 Å². The molecule has 0 N–H and O–H groups in total. The lowest BCUT2D eigenvalue weighted by Gasteiger charge is -1.91. The summed E-state index contributed by atoms with van der Waals surface area (Å²) >= 11 is 2.00. The minimum Gasteiger partial charge on any atom is -0.152 e. The van der Waals surface area contributed by atoms with Crippen molar-refractivity contribution in [3.8, 4) is 0 Å². The highest BCUT2D eigenvalue weighted by atomic mass is 32.2. The quantitative estimate of drug-likeness (QED) is 0.535. The predicted octanol–water partition coefficient (Wildman–Crippen LogP) is 6.15. The van der Waals surface area contributed by atoms with E-state index in [0.29, 0.717) is 0 Å². The minimum absolute atomic E-state index is 0.833. The highest BCUT2D eigenvalue weighted by molar-refractivity contribution is 7.98. The lowest BCUT2D eigenvalue weighted by molar-refractivity contribution is 0.737. The summed E-state index contributed by atoms with van der Waals surface area (Å²) in [5, 5.41) is 0. The van der Waals surface area contributed by atoms with Crippen molar-refractivity contribution in [1.82, 2.24) is 0 Å². The zero-order valence-electron chi connectivity index (χ0n) is 12.7. The van der Waals surface area contributed by atoms with E-state index in [1.54, 1.807) is 0 Å². The summed E-state index contributed by atoms with van der Waals surface area (Å²) in [4.78, 5) is 0. The zero-order chi connectivity index (χ0) is 13.7. The van der Waals surface area contributed by atoms with Crippen LogP contribution in [0.2, 0.25) is 0 Å². The van der Waals surface area contributed by atoms with Crippen LogP contribution in [0.25, 0.3) is 0 Å². The zero-order valence-corrected chi connectivity index (χ0v) is 13.5. The first-order valence-corrected chi connectivity index (χ1v) is 8.00. The summed E-state index contributed by atoms with van der Waals surface area (Å²) in [6.07, 6.45) is 0. The maximum atomic E-state index is 2.22. The first kappa shape index (κ1) is 18.9. The molecule has 1 heteroatoms. The number of hydrogen-bond acceptors (Lipinski definition) is 1. The van der Waals surface area contributed by atoms with Gasteiger partial charge in [0.25, 0.3) is 0 Å². The van der Waals surface area contributed by atoms with Crippen LogP contribution in [0, 0.1) is 5.92 Å². The van der Waals surface area contributed by atoms with Crippen molar-refractivity contribution in [2.75, 3.05) is 0 Å². The van der Waals surface area contributed by atoms with Gasteiger partial charge in [0.2, 0.25) is 0 Å². The van der Waals surface area contributed by atoms with Crippen LogP contribution in [0.4, 0.5) is 0 Å². The molecular formula is C16H30S. The molecule has 17 heavy (non-hydrogen) atoms. The fraction of sp³-hybridized carbons (Fsp3) is 0.625. The van der Waals surface area contributed by atoms with Crippen LogP contribution in [-0.4, -0.2) is 0 Å². The first-order chi connectivity index (χ1) is 8.20. The van der Waals surface area contributed by atoms with E-state index in [4.69, 9.17) is 0 Å². The standard InChI is InChI=1S/C8H8S.C4H10.2C2H6/c1-2-4-8-6-9-5-7(8)3-1;1-4(2)3;2*1-2/h1-4H,5-6H2;4H,1-3H3;2*1-2H3. The third-order valence-electron chi connectivity index (χ3n) is 1.63. The van der Waals surface area contributed by atoms with Crippen molar-refractivity contribution in [1.29, 1.82) is 0 Å². The Labute approximate surface area is 113 Å². The molecule has 100 valence electrons. The van der Waals surface area contributed by atoms with E-state index >= 15 is 0 Å². The van der Waals surface area contributed by atoms with E-state index in [2.05, 4.69) is 45.0 Å². The number of rotatable bonds is 0. The maximum Gasteiger partial charge on any atom is 0.0190 e. The molecule has 1 heterocycles. The van der Waals surface area contributed by atoms with Gasteiger partial charge < -0.3 is 0 Å². The van der Waals surface area contributed by atoms with Crippen LogP contribution in [0.5, 0.6) is 0 Å². The van der Waals surface area contributed by atoms with Crippen LogP contribution < -0.4 is 0 Å². The summed E-state index contributed by atoms with van der Waals surface area (Å²) in [6, 6.07) is 8.67. The molecule has 0 unspecified atom stereocenters. The van der Waals surface area contributed by atoms with E-state index < -0.39 is 0 Å².